The van der Waals surface area contributed by atoms with Crippen molar-refractivity contribution in [2.45, 2.75) is 24.9 Å². The maximum absolute atomic E-state index is 13.2. The van der Waals surface area contributed by atoms with Crippen LogP contribution in [0.15, 0.2) is 51.2 Å². The molecule has 1 aromatic heterocycles. The molecule has 1 unspecified atom stereocenters. The van der Waals surface area contributed by atoms with Crippen molar-refractivity contribution in [2.75, 3.05) is 0 Å². The van der Waals surface area contributed by atoms with Gasteiger partial charge in [-0.3, -0.25) is 0 Å². The quantitative estimate of drug-likeness (QED) is 0.502. The Kier molecular flexibility index (Phi) is 4.04. The number of furan rings is 1. The summed E-state index contributed by atoms with van der Waals surface area (Å²) in [6, 6.07) is 9.46. The van der Waals surface area contributed by atoms with Gasteiger partial charge in [-0.05, 0) is 17.9 Å². The Morgan fingerprint density at radius 2 is 1.83 bits per heavy atom. The van der Waals surface area contributed by atoms with E-state index in [9.17, 15) is 13.2 Å². The summed E-state index contributed by atoms with van der Waals surface area (Å²) in [5.74, 6) is -0.131. The number of rotatable bonds is 2. The van der Waals surface area contributed by atoms with Crippen LogP contribution in [0.25, 0.3) is 0 Å². The standard InChI is InChI=1S/C16H15F3N4O/c17-16(18,19)11-8-24-13-7-10(9-4-2-1-3-5-9)6-12(14(11)13)22-23-15(20)21/h1-5,8,10H,6-7H2,(H4,20,21,23). The third kappa shape index (κ3) is 3.12. The van der Waals surface area contributed by atoms with Crippen molar-refractivity contribution in [1.29, 1.82) is 0 Å². The van der Waals surface area contributed by atoms with Crippen LogP contribution in [0.3, 0.4) is 0 Å². The van der Waals surface area contributed by atoms with Crippen LogP contribution in [0, 0.1) is 0 Å². The van der Waals surface area contributed by atoms with E-state index in [0.29, 0.717) is 6.42 Å². The van der Waals surface area contributed by atoms with Gasteiger partial charge in [0.1, 0.15) is 17.6 Å². The number of hydrogen-bond donors (Lipinski definition) is 2. The van der Waals surface area contributed by atoms with Crippen molar-refractivity contribution in [3.8, 4) is 0 Å². The van der Waals surface area contributed by atoms with Gasteiger partial charge in [-0.15, -0.1) is 5.10 Å². The summed E-state index contributed by atoms with van der Waals surface area (Å²) in [4.78, 5) is 0. The van der Waals surface area contributed by atoms with Gasteiger partial charge in [0.15, 0.2) is 0 Å². The van der Waals surface area contributed by atoms with Gasteiger partial charge in [-0.1, -0.05) is 30.3 Å². The zero-order chi connectivity index (χ0) is 17.3. The Balaban J connectivity index is 2.08. The molecule has 3 rings (SSSR count). The molecule has 126 valence electrons. The highest BCUT2D eigenvalue weighted by atomic mass is 19.4. The number of alkyl halides is 3. The van der Waals surface area contributed by atoms with Gasteiger partial charge < -0.3 is 15.9 Å². The summed E-state index contributed by atoms with van der Waals surface area (Å²) in [5.41, 5.74) is 10.7. The van der Waals surface area contributed by atoms with Crippen LogP contribution >= 0.6 is 0 Å². The molecule has 1 aliphatic rings. The average Bonchev–Trinajstić information content (AvgIpc) is 2.97. The molecule has 1 aliphatic carbocycles. The van der Waals surface area contributed by atoms with E-state index in [1.54, 1.807) is 0 Å². The van der Waals surface area contributed by atoms with Crippen LogP contribution < -0.4 is 11.5 Å². The second kappa shape index (κ2) is 6.03. The Morgan fingerprint density at radius 3 is 2.46 bits per heavy atom. The SMILES string of the molecule is NC(N)=NN=C1CC(c2ccccc2)Cc2occ(C(F)(F)F)c21. The summed E-state index contributed by atoms with van der Waals surface area (Å²) in [6.45, 7) is 0. The number of fused-ring (bicyclic) bond motifs is 1. The number of benzene rings is 1. The van der Waals surface area contributed by atoms with Crippen molar-refractivity contribution in [1.82, 2.24) is 0 Å². The van der Waals surface area contributed by atoms with E-state index in [2.05, 4.69) is 10.2 Å². The topological polar surface area (TPSA) is 89.9 Å². The number of nitrogens with two attached hydrogens (primary N) is 2. The van der Waals surface area contributed by atoms with Crippen molar-refractivity contribution in [3.63, 3.8) is 0 Å². The fourth-order valence-corrected chi connectivity index (χ4v) is 2.87. The number of nitrogens with zero attached hydrogens (tertiary/aromatic N) is 2. The fourth-order valence-electron chi connectivity index (χ4n) is 2.87. The minimum atomic E-state index is -4.53. The lowest BCUT2D eigenvalue weighted by Crippen LogP contribution is -2.24. The molecule has 0 saturated carbocycles. The highest BCUT2D eigenvalue weighted by Gasteiger charge is 2.41. The lowest BCUT2D eigenvalue weighted by atomic mass is 9.81. The molecule has 0 fully saturated rings. The van der Waals surface area contributed by atoms with E-state index in [4.69, 9.17) is 15.9 Å². The van der Waals surface area contributed by atoms with Crippen molar-refractivity contribution in [2.24, 2.45) is 21.7 Å². The van der Waals surface area contributed by atoms with Gasteiger partial charge in [-0.2, -0.15) is 18.3 Å². The monoisotopic (exact) mass is 336 g/mol. The van der Waals surface area contributed by atoms with E-state index in [-0.39, 0.29) is 35.3 Å². The minimum absolute atomic E-state index is 0.0559. The second-order valence-corrected chi connectivity index (χ2v) is 5.53. The maximum atomic E-state index is 13.2. The predicted molar refractivity (Wildman–Crippen MR) is 83.6 cm³/mol. The van der Waals surface area contributed by atoms with Gasteiger partial charge in [0.2, 0.25) is 5.96 Å². The summed E-state index contributed by atoms with van der Waals surface area (Å²) < 4.78 is 44.8. The lowest BCUT2D eigenvalue weighted by molar-refractivity contribution is -0.138. The summed E-state index contributed by atoms with van der Waals surface area (Å²) in [5, 5.41) is 7.37. The van der Waals surface area contributed by atoms with E-state index in [1.807, 2.05) is 30.3 Å². The molecule has 1 heterocycles. The molecule has 0 amide bonds. The Morgan fingerprint density at radius 1 is 1.12 bits per heavy atom. The molecule has 0 saturated heterocycles. The molecule has 1 aromatic carbocycles. The maximum Gasteiger partial charge on any atom is 0.420 e. The molecule has 1 atom stereocenters. The van der Waals surface area contributed by atoms with Crippen molar-refractivity contribution in [3.05, 3.63) is 59.0 Å². The Labute approximate surface area is 135 Å². The molecule has 0 bridgehead atoms. The fraction of sp³-hybridized carbons (Fsp3) is 0.250. The van der Waals surface area contributed by atoms with E-state index in [0.717, 1.165) is 11.8 Å². The Bertz CT molecular complexity index is 789. The number of hydrogen-bond acceptors (Lipinski definition) is 3. The first-order valence-electron chi connectivity index (χ1n) is 7.24. The van der Waals surface area contributed by atoms with Gasteiger partial charge in [0.05, 0.1) is 11.3 Å². The third-order valence-corrected chi connectivity index (χ3v) is 3.89. The summed E-state index contributed by atoms with van der Waals surface area (Å²) >= 11 is 0. The van der Waals surface area contributed by atoms with E-state index in [1.165, 1.54) is 0 Å². The summed E-state index contributed by atoms with van der Waals surface area (Å²) in [6.07, 6.45) is -3.16. The van der Waals surface area contributed by atoms with Crippen LogP contribution in [0.4, 0.5) is 13.2 Å². The van der Waals surface area contributed by atoms with Crippen LogP contribution in [0.2, 0.25) is 0 Å². The molecule has 2 aromatic rings. The number of guanidine groups is 1. The molecule has 0 aliphatic heterocycles. The van der Waals surface area contributed by atoms with Gasteiger partial charge in [-0.25, -0.2) is 0 Å². The van der Waals surface area contributed by atoms with Crippen molar-refractivity contribution < 1.29 is 17.6 Å². The molecule has 0 spiro atoms. The largest absolute Gasteiger partial charge is 0.468 e. The second-order valence-electron chi connectivity index (χ2n) is 5.53. The van der Waals surface area contributed by atoms with Gasteiger partial charge >= 0.3 is 6.18 Å². The third-order valence-electron chi connectivity index (χ3n) is 3.89. The first-order chi connectivity index (χ1) is 11.4. The molecular formula is C16H15F3N4O. The van der Waals surface area contributed by atoms with Crippen LogP contribution in [-0.4, -0.2) is 11.7 Å². The normalized spacial score (nSPS) is 19.1. The smallest absolute Gasteiger partial charge is 0.420 e. The summed E-state index contributed by atoms with van der Waals surface area (Å²) in [7, 11) is 0. The minimum Gasteiger partial charge on any atom is -0.468 e. The first-order valence-corrected chi connectivity index (χ1v) is 7.24. The molecule has 8 heteroatoms. The highest BCUT2D eigenvalue weighted by molar-refractivity contribution is 6.04. The lowest BCUT2D eigenvalue weighted by Gasteiger charge is -2.23. The van der Waals surface area contributed by atoms with Gasteiger partial charge in [0, 0.05) is 6.42 Å². The van der Waals surface area contributed by atoms with E-state index < -0.39 is 11.7 Å². The molecule has 24 heavy (non-hydrogen) atoms. The average molecular weight is 336 g/mol. The van der Waals surface area contributed by atoms with Crippen molar-refractivity contribution >= 4 is 11.7 Å². The molecular weight excluding hydrogens is 321 g/mol. The number of halogens is 3. The van der Waals surface area contributed by atoms with E-state index >= 15 is 0 Å². The van der Waals surface area contributed by atoms with Crippen LogP contribution in [0.5, 0.6) is 0 Å². The predicted octanol–water partition coefficient (Wildman–Crippen LogP) is 3.01. The molecule has 4 N–H and O–H groups in total. The first kappa shape index (κ1) is 16.1. The Hall–Kier alpha value is -2.77. The van der Waals surface area contributed by atoms with Crippen LogP contribution in [0.1, 0.15) is 34.8 Å². The molecule has 5 nitrogen and oxygen atoms in total. The highest BCUT2D eigenvalue weighted by Crippen LogP contribution is 2.41. The molecule has 0 radical (unpaired) electrons. The van der Waals surface area contributed by atoms with Crippen LogP contribution in [-0.2, 0) is 12.6 Å². The zero-order valence-electron chi connectivity index (χ0n) is 12.5. The van der Waals surface area contributed by atoms with Gasteiger partial charge in [0.25, 0.3) is 0 Å². The zero-order valence-corrected chi connectivity index (χ0v) is 12.5.